The molecule has 0 radical (unpaired) electrons. The molecule has 5 aliphatic heterocycles. The van der Waals surface area contributed by atoms with Gasteiger partial charge in [-0.2, -0.15) is 0 Å². The van der Waals surface area contributed by atoms with Crippen molar-refractivity contribution < 1.29 is 45.1 Å². The average Bonchev–Trinajstić information content (AvgIpc) is 3.17. The van der Waals surface area contributed by atoms with Gasteiger partial charge in [0.05, 0.1) is 11.1 Å². The van der Waals surface area contributed by atoms with E-state index in [9.17, 15) is 14.7 Å². The predicted octanol–water partition coefficient (Wildman–Crippen LogP) is 2.39. The maximum atomic E-state index is 12.4. The smallest absolute Gasteiger partial charge is 0.500 e. The van der Waals surface area contributed by atoms with Crippen LogP contribution in [0.2, 0.25) is 6.04 Å². The van der Waals surface area contributed by atoms with Crippen LogP contribution in [0.1, 0.15) is 104 Å². The van der Waals surface area contributed by atoms with Gasteiger partial charge >= 0.3 is 14.8 Å². The second kappa shape index (κ2) is 18.0. The molecule has 0 atom stereocenters. The maximum Gasteiger partial charge on any atom is 0.500 e. The first-order chi connectivity index (χ1) is 26.3. The molecule has 0 spiro atoms. The molecule has 0 unspecified atom stereocenters. The van der Waals surface area contributed by atoms with Gasteiger partial charge in [-0.1, -0.05) is 18.2 Å². The molecule has 0 fully saturated rings. The molecule has 3 aromatic carbocycles. The summed E-state index contributed by atoms with van der Waals surface area (Å²) in [6, 6.07) is 12.9. The molecule has 2 N–H and O–H groups in total. The molecule has 0 bridgehead atoms. The fourth-order valence-electron chi connectivity index (χ4n) is 9.26. The summed E-state index contributed by atoms with van der Waals surface area (Å²) in [4.78, 5) is 25.8. The van der Waals surface area contributed by atoms with Gasteiger partial charge in [-0.3, -0.25) is 4.79 Å². The second-order valence-corrected chi connectivity index (χ2v) is 17.5. The highest BCUT2D eigenvalue weighted by molar-refractivity contribution is 6.60. The lowest BCUT2D eigenvalue weighted by Crippen LogP contribution is -3.00. The second-order valence-electron chi connectivity index (χ2n) is 14.8. The third-order valence-corrected chi connectivity index (χ3v) is 14.4. The molecule has 0 aromatic heterocycles. The monoisotopic (exact) mass is 789 g/mol. The molecule has 0 saturated heterocycles. The zero-order valence-corrected chi connectivity index (χ0v) is 34.6. The number of aryl methyl sites for hydroxylation is 2. The summed E-state index contributed by atoms with van der Waals surface area (Å²) in [5.41, 5.74) is 10.1. The molecule has 3 aromatic rings. The summed E-state index contributed by atoms with van der Waals surface area (Å²) >= 11 is 0. The van der Waals surface area contributed by atoms with E-state index in [1.54, 1.807) is 6.07 Å². The van der Waals surface area contributed by atoms with E-state index >= 15 is 0 Å². The highest BCUT2D eigenvalue weighted by Gasteiger charge is 2.40. The highest BCUT2D eigenvalue weighted by Crippen LogP contribution is 2.48. The van der Waals surface area contributed by atoms with Crippen LogP contribution in [0.25, 0.3) is 5.57 Å². The average molecular weight is 790 g/mol. The molecule has 8 rings (SSSR count). The fraction of sp³-hybridized carbons (Fsp3) is 0.512. The van der Waals surface area contributed by atoms with E-state index in [2.05, 4.69) is 26.9 Å². The van der Waals surface area contributed by atoms with Gasteiger partial charge in [0.1, 0.15) is 24.6 Å². The Morgan fingerprint density at radius 2 is 1.51 bits per heavy atom. The minimum Gasteiger partial charge on any atom is -1.00 e. The minimum absolute atomic E-state index is 0. The largest absolute Gasteiger partial charge is 1.00 e. The number of aromatic carboxylic acids is 1. The zero-order chi connectivity index (χ0) is 37.8. The first kappa shape index (κ1) is 40.9. The number of hydrogen-bond acceptors (Lipinski definition) is 7. The van der Waals surface area contributed by atoms with Crippen molar-refractivity contribution in [3.63, 3.8) is 0 Å². The van der Waals surface area contributed by atoms with Crippen LogP contribution < -0.4 is 42.5 Å². The van der Waals surface area contributed by atoms with Crippen molar-refractivity contribution in [3.8, 4) is 11.5 Å². The van der Waals surface area contributed by atoms with Gasteiger partial charge in [0.25, 0.3) is 0 Å². The molecule has 5 aliphatic rings. The fourth-order valence-corrected chi connectivity index (χ4v) is 11.9. The summed E-state index contributed by atoms with van der Waals surface area (Å²) < 4.78 is 26.7. The Morgan fingerprint density at radius 1 is 0.855 bits per heavy atom. The summed E-state index contributed by atoms with van der Waals surface area (Å²) in [6.45, 7) is 14.2. The number of carbonyl (C=O) groups excluding carboxylic acids is 1. The van der Waals surface area contributed by atoms with Crippen molar-refractivity contribution in [1.29, 1.82) is 0 Å². The molecule has 5 heterocycles. The number of anilines is 1. The van der Waals surface area contributed by atoms with Gasteiger partial charge in [0.2, 0.25) is 11.3 Å². The number of hydrogen-bond donors (Lipinski definition) is 2. The van der Waals surface area contributed by atoms with Crippen LogP contribution in [-0.2, 0) is 43.8 Å². The SMILES string of the molecule is CCO[Si](CCCNC(C)=O)(OCC)OCC.O=C(O)c1ccccc1C1=c2cc3c4c(c2Oc2c1cc1c5c2CCCN5CCC1)CCC[N+]=4CCC3.[Cl-]. The summed E-state index contributed by atoms with van der Waals surface area (Å²) in [6.07, 6.45) is 9.56. The molecule has 55 heavy (non-hydrogen) atoms. The van der Waals surface area contributed by atoms with Crippen molar-refractivity contribution in [3.05, 3.63) is 85.9 Å². The van der Waals surface area contributed by atoms with Crippen LogP contribution in [0, 0.1) is 0 Å². The van der Waals surface area contributed by atoms with E-state index in [0.29, 0.717) is 31.9 Å². The molecular weight excluding hydrogens is 734 g/mol. The topological polar surface area (TPSA) is 110 Å². The number of ether oxygens (including phenoxy) is 1. The van der Waals surface area contributed by atoms with E-state index in [0.717, 1.165) is 123 Å². The number of benzene rings is 3. The van der Waals surface area contributed by atoms with Crippen molar-refractivity contribution in [2.45, 2.75) is 91.5 Å². The molecule has 0 aliphatic carbocycles. The number of amides is 1. The molecule has 10 nitrogen and oxygen atoms in total. The van der Waals surface area contributed by atoms with Crippen LogP contribution in [0.4, 0.5) is 5.69 Å². The van der Waals surface area contributed by atoms with E-state index in [1.165, 1.54) is 40.2 Å². The number of nitrogens with one attached hydrogen (secondary N) is 1. The predicted molar refractivity (Wildman–Crippen MR) is 212 cm³/mol. The molecular formula is C43H56ClN3O7Si. The molecule has 1 amide bonds. The van der Waals surface area contributed by atoms with E-state index in [-0.39, 0.29) is 18.3 Å². The Hall–Kier alpha value is -3.74. The van der Waals surface area contributed by atoms with E-state index < -0.39 is 14.8 Å². The van der Waals surface area contributed by atoms with Crippen molar-refractivity contribution >= 4 is 31.9 Å². The van der Waals surface area contributed by atoms with Crippen LogP contribution in [0.15, 0.2) is 36.4 Å². The number of carbonyl (C=O) groups is 2. The van der Waals surface area contributed by atoms with Gasteiger partial charge in [0.15, 0.2) is 0 Å². The van der Waals surface area contributed by atoms with Crippen molar-refractivity contribution in [2.75, 3.05) is 57.4 Å². The Morgan fingerprint density at radius 3 is 2.20 bits per heavy atom. The number of carboxylic acid groups (broad SMARTS) is 1. The Balaban J connectivity index is 0.000000246. The lowest BCUT2D eigenvalue weighted by atomic mass is 9.82. The van der Waals surface area contributed by atoms with Gasteiger partial charge in [-0.25, -0.2) is 9.37 Å². The molecule has 296 valence electrons. The standard InChI is InChI=1S/C32H30N2O3.C11H25NO4Si.ClH/c35-32(36)22-10-2-1-9-21(22)27-25-17-19-7-3-13-33-15-5-11-23(28(19)33)30(25)37-31-24-12-6-16-34-14-4-8-20(29(24)34)18-26(27)31;1-5-14-17(15-6-2,16-7-3)10-8-9-12-11(4)13;/h1-2,9-10,17-18H,3-8,11-16H2;5-10H2,1-4H3,(H,12,13);1H. The number of rotatable bonds is 12. The number of carboxylic acids is 1. The molecule has 0 saturated carbocycles. The van der Waals surface area contributed by atoms with E-state index in [4.69, 9.17) is 18.0 Å². The molecule has 12 heteroatoms. The Labute approximate surface area is 332 Å². The quantitative estimate of drug-likeness (QED) is 0.128. The minimum atomic E-state index is -2.52. The number of halogens is 1. The third-order valence-electron chi connectivity index (χ3n) is 11.2. The van der Waals surface area contributed by atoms with Crippen molar-refractivity contribution in [2.24, 2.45) is 0 Å². The first-order valence-electron chi connectivity index (χ1n) is 20.2. The maximum absolute atomic E-state index is 12.4. The van der Waals surface area contributed by atoms with Crippen LogP contribution in [0.3, 0.4) is 0 Å². The number of nitrogens with zero attached hydrogens (tertiary/aromatic N) is 2. The van der Waals surface area contributed by atoms with Crippen LogP contribution in [-0.4, -0.2) is 78.3 Å². The normalized spacial score (nSPS) is 16.3. The van der Waals surface area contributed by atoms with Gasteiger partial charge in [0, 0.05) is 98.4 Å². The lowest BCUT2D eigenvalue weighted by molar-refractivity contribution is -0.118. The first-order valence-corrected chi connectivity index (χ1v) is 22.1. The number of fused-ring (bicyclic) bond motifs is 4. The van der Waals surface area contributed by atoms with Gasteiger partial charge in [-0.05, 0) is 95.0 Å². The lowest BCUT2D eigenvalue weighted by Gasteiger charge is -2.39. The Kier molecular flexibility index (Phi) is 13.4. The van der Waals surface area contributed by atoms with Crippen LogP contribution >= 0.6 is 0 Å². The van der Waals surface area contributed by atoms with Gasteiger partial charge < -0.3 is 45.7 Å². The van der Waals surface area contributed by atoms with Crippen LogP contribution in [0.5, 0.6) is 11.5 Å². The van der Waals surface area contributed by atoms with Crippen molar-refractivity contribution in [1.82, 2.24) is 9.89 Å². The summed E-state index contributed by atoms with van der Waals surface area (Å²) in [7, 11) is -2.52. The van der Waals surface area contributed by atoms with E-state index in [1.807, 2.05) is 39.0 Å². The summed E-state index contributed by atoms with van der Waals surface area (Å²) in [5, 5.41) is 15.4. The highest BCUT2D eigenvalue weighted by atomic mass is 35.5. The van der Waals surface area contributed by atoms with Gasteiger partial charge in [-0.15, -0.1) is 0 Å². The Bertz CT molecular complexity index is 2030. The zero-order valence-electron chi connectivity index (χ0n) is 32.9. The third kappa shape index (κ3) is 8.23. The summed E-state index contributed by atoms with van der Waals surface area (Å²) in [5.74, 6) is 1.05.